The molecule has 5 nitrogen and oxygen atoms in total. The molecular weight excluding hydrogens is 170 g/mol. The molecular formula is C8H6N3O2. The Bertz CT molecular complexity index is 444. The largest absolute Gasteiger partial charge is 0.497 e. The molecule has 5 heteroatoms. The summed E-state index contributed by atoms with van der Waals surface area (Å²) in [6, 6.07) is 4.96. The number of methoxy groups -OCH3 is 1. The van der Waals surface area contributed by atoms with Crippen molar-refractivity contribution >= 4 is 10.9 Å². The van der Waals surface area contributed by atoms with Gasteiger partial charge in [-0.1, -0.05) is 5.10 Å². The molecule has 0 N–H and O–H groups in total. The standard InChI is InChI=1S/C8H6N3O2/c1-13-5-2-3-6-7(4-5)9-11-10-8(6)12/h2-4H,1H3. The summed E-state index contributed by atoms with van der Waals surface area (Å²) in [5, 5.41) is 21.9. The number of hydrogen-bond donors (Lipinski definition) is 0. The number of benzene rings is 1. The maximum Gasteiger partial charge on any atom is 0.299 e. The van der Waals surface area contributed by atoms with Crippen LogP contribution in [0.5, 0.6) is 11.6 Å². The van der Waals surface area contributed by atoms with Crippen molar-refractivity contribution in [2.75, 3.05) is 7.11 Å². The molecule has 1 aromatic carbocycles. The van der Waals surface area contributed by atoms with E-state index in [0.717, 1.165) is 0 Å². The fourth-order valence-corrected chi connectivity index (χ4v) is 1.07. The van der Waals surface area contributed by atoms with E-state index in [2.05, 4.69) is 15.4 Å². The summed E-state index contributed by atoms with van der Waals surface area (Å²) in [5.41, 5.74) is 0.499. The van der Waals surface area contributed by atoms with Gasteiger partial charge in [0, 0.05) is 6.07 Å². The number of aromatic nitrogens is 3. The third kappa shape index (κ3) is 1.24. The van der Waals surface area contributed by atoms with Gasteiger partial charge in [-0.15, -0.1) is 5.10 Å². The van der Waals surface area contributed by atoms with Crippen LogP contribution in [0.1, 0.15) is 0 Å². The summed E-state index contributed by atoms with van der Waals surface area (Å²) in [7, 11) is 1.55. The van der Waals surface area contributed by atoms with Crippen molar-refractivity contribution in [3.05, 3.63) is 18.2 Å². The van der Waals surface area contributed by atoms with Crippen LogP contribution in [-0.4, -0.2) is 22.5 Å². The van der Waals surface area contributed by atoms with Gasteiger partial charge in [-0.3, -0.25) is 5.11 Å². The van der Waals surface area contributed by atoms with Crippen molar-refractivity contribution in [2.24, 2.45) is 0 Å². The van der Waals surface area contributed by atoms with Gasteiger partial charge < -0.3 is 4.74 Å². The van der Waals surface area contributed by atoms with E-state index in [4.69, 9.17) is 4.74 Å². The highest BCUT2D eigenvalue weighted by Crippen LogP contribution is 2.23. The van der Waals surface area contributed by atoms with Crippen LogP contribution in [0, 0.1) is 0 Å². The fourth-order valence-electron chi connectivity index (χ4n) is 1.07. The van der Waals surface area contributed by atoms with Crippen LogP contribution in [0.3, 0.4) is 0 Å². The lowest BCUT2D eigenvalue weighted by molar-refractivity contribution is 0.336. The van der Waals surface area contributed by atoms with Gasteiger partial charge in [0.05, 0.1) is 12.5 Å². The molecule has 2 aromatic rings. The minimum atomic E-state index is -0.368. The van der Waals surface area contributed by atoms with Crippen molar-refractivity contribution in [3.8, 4) is 11.6 Å². The summed E-state index contributed by atoms with van der Waals surface area (Å²) in [5.74, 6) is 0.278. The molecule has 0 saturated carbocycles. The van der Waals surface area contributed by atoms with E-state index in [0.29, 0.717) is 16.7 Å². The molecule has 0 aliphatic rings. The second-order valence-electron chi connectivity index (χ2n) is 2.48. The summed E-state index contributed by atoms with van der Waals surface area (Å²) in [6.45, 7) is 0. The molecule has 0 bridgehead atoms. The Labute approximate surface area is 74.0 Å². The van der Waals surface area contributed by atoms with Gasteiger partial charge in [0.15, 0.2) is 0 Å². The Morgan fingerprint density at radius 2 is 2.15 bits per heavy atom. The van der Waals surface area contributed by atoms with E-state index in [-0.39, 0.29) is 5.88 Å². The van der Waals surface area contributed by atoms with Crippen LogP contribution >= 0.6 is 0 Å². The van der Waals surface area contributed by atoms with Crippen molar-refractivity contribution < 1.29 is 9.84 Å². The number of hydrogen-bond acceptors (Lipinski definition) is 4. The monoisotopic (exact) mass is 176 g/mol. The second-order valence-corrected chi connectivity index (χ2v) is 2.48. The molecule has 0 fully saturated rings. The van der Waals surface area contributed by atoms with E-state index in [9.17, 15) is 5.11 Å². The Kier molecular flexibility index (Phi) is 1.70. The third-order valence-corrected chi connectivity index (χ3v) is 1.72. The highest BCUT2D eigenvalue weighted by atomic mass is 16.5. The predicted octanol–water partition coefficient (Wildman–Crippen LogP) is 1.18. The van der Waals surface area contributed by atoms with Crippen molar-refractivity contribution in [3.63, 3.8) is 0 Å². The second kappa shape index (κ2) is 2.85. The molecule has 0 saturated heterocycles. The molecule has 2 rings (SSSR count). The molecule has 13 heavy (non-hydrogen) atoms. The first-order valence-electron chi connectivity index (χ1n) is 3.65. The molecule has 1 aromatic heterocycles. The summed E-state index contributed by atoms with van der Waals surface area (Å²) in [6.07, 6.45) is 0. The lowest BCUT2D eigenvalue weighted by Gasteiger charge is -1.99. The molecule has 65 valence electrons. The Morgan fingerprint density at radius 1 is 1.31 bits per heavy atom. The quantitative estimate of drug-likeness (QED) is 0.654. The van der Waals surface area contributed by atoms with E-state index in [1.54, 1.807) is 25.3 Å². The summed E-state index contributed by atoms with van der Waals surface area (Å²) >= 11 is 0. The average Bonchev–Trinajstić information content (AvgIpc) is 2.18. The van der Waals surface area contributed by atoms with Gasteiger partial charge in [-0.05, 0) is 17.3 Å². The zero-order valence-corrected chi connectivity index (χ0v) is 6.89. The first-order valence-corrected chi connectivity index (χ1v) is 3.65. The number of fused-ring (bicyclic) bond motifs is 1. The van der Waals surface area contributed by atoms with Gasteiger partial charge in [-0.25, -0.2) is 0 Å². The maximum atomic E-state index is 11.1. The SMILES string of the molecule is COc1ccc2c([O])nnnc2c1. The highest BCUT2D eigenvalue weighted by Gasteiger charge is 2.04. The number of nitrogens with zero attached hydrogens (tertiary/aromatic N) is 3. The molecule has 0 unspecified atom stereocenters. The van der Waals surface area contributed by atoms with E-state index < -0.39 is 0 Å². The van der Waals surface area contributed by atoms with Gasteiger partial charge in [-0.2, -0.15) is 0 Å². The molecule has 0 atom stereocenters. The molecule has 0 spiro atoms. The van der Waals surface area contributed by atoms with Gasteiger partial charge in [0.2, 0.25) is 0 Å². The highest BCUT2D eigenvalue weighted by molar-refractivity contribution is 5.83. The fraction of sp³-hybridized carbons (Fsp3) is 0.125. The van der Waals surface area contributed by atoms with Gasteiger partial charge in [0.25, 0.3) is 5.88 Å². The summed E-state index contributed by atoms with van der Waals surface area (Å²) < 4.78 is 4.97. The molecule has 0 aliphatic carbocycles. The van der Waals surface area contributed by atoms with E-state index >= 15 is 0 Å². The smallest absolute Gasteiger partial charge is 0.299 e. The first-order chi connectivity index (χ1) is 6.31. The maximum absolute atomic E-state index is 11.1. The van der Waals surface area contributed by atoms with Crippen LogP contribution in [0.25, 0.3) is 10.9 Å². The van der Waals surface area contributed by atoms with Crippen LogP contribution in [0.4, 0.5) is 0 Å². The Morgan fingerprint density at radius 3 is 2.92 bits per heavy atom. The van der Waals surface area contributed by atoms with Crippen molar-refractivity contribution in [1.29, 1.82) is 0 Å². The molecule has 0 aliphatic heterocycles. The van der Waals surface area contributed by atoms with Gasteiger partial charge >= 0.3 is 0 Å². The van der Waals surface area contributed by atoms with Gasteiger partial charge in [0.1, 0.15) is 11.3 Å². The zero-order valence-electron chi connectivity index (χ0n) is 6.89. The third-order valence-electron chi connectivity index (χ3n) is 1.72. The predicted molar refractivity (Wildman–Crippen MR) is 44.0 cm³/mol. The zero-order chi connectivity index (χ0) is 9.26. The minimum Gasteiger partial charge on any atom is -0.497 e. The molecule has 1 radical (unpaired) electrons. The summed E-state index contributed by atoms with van der Waals surface area (Å²) in [4.78, 5) is 0. The van der Waals surface area contributed by atoms with E-state index in [1.807, 2.05) is 0 Å². The number of ether oxygens (including phenoxy) is 1. The number of rotatable bonds is 1. The average molecular weight is 176 g/mol. The van der Waals surface area contributed by atoms with Crippen LogP contribution in [0.15, 0.2) is 18.2 Å². The lowest BCUT2D eigenvalue weighted by atomic mass is 10.2. The molecule has 0 amide bonds. The minimum absolute atomic E-state index is 0.368. The normalized spacial score (nSPS) is 10.2. The van der Waals surface area contributed by atoms with Crippen LogP contribution < -0.4 is 4.74 Å². The topological polar surface area (TPSA) is 67.8 Å². The Hall–Kier alpha value is -1.91. The Balaban J connectivity index is 2.72. The van der Waals surface area contributed by atoms with Crippen LogP contribution in [-0.2, 0) is 5.11 Å². The van der Waals surface area contributed by atoms with Crippen molar-refractivity contribution in [2.45, 2.75) is 0 Å². The lowest BCUT2D eigenvalue weighted by Crippen LogP contribution is -1.89. The van der Waals surface area contributed by atoms with Crippen molar-refractivity contribution in [1.82, 2.24) is 15.4 Å². The van der Waals surface area contributed by atoms with E-state index in [1.165, 1.54) is 0 Å². The van der Waals surface area contributed by atoms with Crippen LogP contribution in [0.2, 0.25) is 0 Å². The molecule has 1 heterocycles. The first kappa shape index (κ1) is 7.72.